The summed E-state index contributed by atoms with van der Waals surface area (Å²) in [6, 6.07) is 9.74. The van der Waals surface area contributed by atoms with Crippen molar-refractivity contribution in [3.05, 3.63) is 41.5 Å². The lowest BCUT2D eigenvalue weighted by molar-refractivity contribution is 0.0526. The molecular weight excluding hydrogens is 228 g/mol. The van der Waals surface area contributed by atoms with E-state index in [1.165, 1.54) is 5.56 Å². The Morgan fingerprint density at radius 1 is 1.28 bits per heavy atom. The molecule has 92 valence electrons. The molecule has 2 aromatic carbocycles. The van der Waals surface area contributed by atoms with Crippen molar-refractivity contribution in [3.63, 3.8) is 0 Å². The minimum absolute atomic E-state index is 0.267. The molecule has 0 spiro atoms. The first-order valence-corrected chi connectivity index (χ1v) is 6.14. The van der Waals surface area contributed by atoms with Gasteiger partial charge in [-0.25, -0.2) is 4.79 Å². The topological polar surface area (TPSA) is 35.5 Å². The second-order valence-corrected chi connectivity index (χ2v) is 4.34. The van der Waals surface area contributed by atoms with Gasteiger partial charge in [0.05, 0.1) is 18.8 Å². The number of rotatable bonds is 2. The van der Waals surface area contributed by atoms with Gasteiger partial charge >= 0.3 is 5.97 Å². The molecule has 1 aliphatic rings. The van der Waals surface area contributed by atoms with Gasteiger partial charge in [-0.05, 0) is 47.5 Å². The number of hydrogen-bond donors (Lipinski definition) is 0. The highest BCUT2D eigenvalue weighted by Crippen LogP contribution is 2.30. The van der Waals surface area contributed by atoms with Gasteiger partial charge in [0.1, 0.15) is 5.75 Å². The van der Waals surface area contributed by atoms with E-state index < -0.39 is 0 Å². The average molecular weight is 242 g/mol. The molecule has 0 amide bonds. The molecule has 0 aliphatic carbocycles. The summed E-state index contributed by atoms with van der Waals surface area (Å²) in [4.78, 5) is 11.7. The Bertz CT molecular complexity index is 616. The van der Waals surface area contributed by atoms with Crippen LogP contribution in [0.1, 0.15) is 22.8 Å². The molecule has 1 heterocycles. The maximum Gasteiger partial charge on any atom is 0.338 e. The molecule has 0 bridgehead atoms. The van der Waals surface area contributed by atoms with E-state index in [0.717, 1.165) is 29.5 Å². The highest BCUT2D eigenvalue weighted by molar-refractivity contribution is 5.96. The van der Waals surface area contributed by atoms with Crippen molar-refractivity contribution < 1.29 is 14.3 Å². The molecule has 0 aromatic heterocycles. The zero-order valence-corrected chi connectivity index (χ0v) is 10.2. The molecule has 0 N–H and O–H groups in total. The Balaban J connectivity index is 2.06. The van der Waals surface area contributed by atoms with Gasteiger partial charge in [-0.15, -0.1) is 0 Å². The molecule has 0 atom stereocenters. The van der Waals surface area contributed by atoms with Crippen LogP contribution in [0.2, 0.25) is 0 Å². The van der Waals surface area contributed by atoms with Crippen LogP contribution in [-0.4, -0.2) is 19.2 Å². The van der Waals surface area contributed by atoms with Gasteiger partial charge in [-0.1, -0.05) is 6.07 Å². The molecule has 0 saturated heterocycles. The largest absolute Gasteiger partial charge is 0.493 e. The minimum atomic E-state index is -0.267. The predicted octanol–water partition coefficient (Wildman–Crippen LogP) is 2.95. The molecule has 3 rings (SSSR count). The number of carbonyl (C=O) groups is 1. The van der Waals surface area contributed by atoms with Crippen molar-refractivity contribution in [2.45, 2.75) is 13.3 Å². The van der Waals surface area contributed by atoms with Gasteiger partial charge in [-0.3, -0.25) is 0 Å². The van der Waals surface area contributed by atoms with Gasteiger partial charge in [0.25, 0.3) is 0 Å². The Labute approximate surface area is 105 Å². The van der Waals surface area contributed by atoms with Crippen LogP contribution in [0, 0.1) is 0 Å². The van der Waals surface area contributed by atoms with Gasteiger partial charge in [-0.2, -0.15) is 0 Å². The summed E-state index contributed by atoms with van der Waals surface area (Å²) in [6.07, 6.45) is 0.939. The quantitative estimate of drug-likeness (QED) is 0.759. The number of hydrogen-bond acceptors (Lipinski definition) is 3. The first-order chi connectivity index (χ1) is 8.78. The van der Waals surface area contributed by atoms with Crippen LogP contribution < -0.4 is 4.74 Å². The van der Waals surface area contributed by atoms with E-state index in [-0.39, 0.29) is 5.97 Å². The van der Waals surface area contributed by atoms with Gasteiger partial charge in [0.15, 0.2) is 0 Å². The molecule has 0 unspecified atom stereocenters. The van der Waals surface area contributed by atoms with Crippen molar-refractivity contribution in [3.8, 4) is 5.75 Å². The second-order valence-electron chi connectivity index (χ2n) is 4.34. The minimum Gasteiger partial charge on any atom is -0.493 e. The monoisotopic (exact) mass is 242 g/mol. The third-order valence-corrected chi connectivity index (χ3v) is 3.16. The van der Waals surface area contributed by atoms with E-state index in [4.69, 9.17) is 9.47 Å². The SMILES string of the molecule is CCOC(=O)c1ccc2cc3c(cc2c1)CCO3. The van der Waals surface area contributed by atoms with Crippen LogP contribution in [-0.2, 0) is 11.2 Å². The zero-order valence-electron chi connectivity index (χ0n) is 10.2. The smallest absolute Gasteiger partial charge is 0.338 e. The molecule has 2 aromatic rings. The number of benzene rings is 2. The number of fused-ring (bicyclic) bond motifs is 2. The van der Waals surface area contributed by atoms with Crippen LogP contribution in [0.3, 0.4) is 0 Å². The summed E-state index contributed by atoms with van der Waals surface area (Å²) in [5, 5.41) is 2.15. The molecular formula is C15H14O3. The molecule has 18 heavy (non-hydrogen) atoms. The van der Waals surface area contributed by atoms with Crippen LogP contribution in [0.4, 0.5) is 0 Å². The lowest BCUT2D eigenvalue weighted by atomic mass is 10.0. The maximum absolute atomic E-state index is 11.7. The fraction of sp³-hybridized carbons (Fsp3) is 0.267. The standard InChI is InChI=1S/C15H14O3/c1-2-17-15(16)12-4-3-10-9-14-11(5-6-18-14)7-13(10)8-12/h3-4,7-9H,2,5-6H2,1H3. The summed E-state index contributed by atoms with van der Waals surface area (Å²) in [5.41, 5.74) is 1.81. The van der Waals surface area contributed by atoms with E-state index >= 15 is 0 Å². The highest BCUT2D eigenvalue weighted by atomic mass is 16.5. The molecule has 0 radical (unpaired) electrons. The Morgan fingerprint density at radius 2 is 2.17 bits per heavy atom. The third-order valence-electron chi connectivity index (χ3n) is 3.16. The molecule has 1 aliphatic heterocycles. The summed E-state index contributed by atoms with van der Waals surface area (Å²) in [6.45, 7) is 2.95. The second kappa shape index (κ2) is 4.33. The third kappa shape index (κ3) is 1.82. The van der Waals surface area contributed by atoms with E-state index in [9.17, 15) is 4.79 Å². The van der Waals surface area contributed by atoms with E-state index in [0.29, 0.717) is 12.2 Å². The fourth-order valence-corrected chi connectivity index (χ4v) is 2.27. The average Bonchev–Trinajstić information content (AvgIpc) is 2.82. The van der Waals surface area contributed by atoms with Crippen LogP contribution >= 0.6 is 0 Å². The fourth-order valence-electron chi connectivity index (χ4n) is 2.27. The summed E-state index contributed by atoms with van der Waals surface area (Å²) >= 11 is 0. The first-order valence-electron chi connectivity index (χ1n) is 6.14. The van der Waals surface area contributed by atoms with Crippen molar-refractivity contribution in [2.75, 3.05) is 13.2 Å². The van der Waals surface area contributed by atoms with Crippen molar-refractivity contribution >= 4 is 16.7 Å². The van der Waals surface area contributed by atoms with E-state index in [1.807, 2.05) is 25.1 Å². The lowest BCUT2D eigenvalue weighted by Crippen LogP contribution is -2.04. The van der Waals surface area contributed by atoms with Crippen molar-refractivity contribution in [1.29, 1.82) is 0 Å². The van der Waals surface area contributed by atoms with Crippen LogP contribution in [0.5, 0.6) is 5.75 Å². The van der Waals surface area contributed by atoms with Crippen molar-refractivity contribution in [1.82, 2.24) is 0 Å². The molecule has 0 fully saturated rings. The Hall–Kier alpha value is -2.03. The summed E-state index contributed by atoms with van der Waals surface area (Å²) in [5.74, 6) is 0.697. The Morgan fingerprint density at radius 3 is 3.00 bits per heavy atom. The lowest BCUT2D eigenvalue weighted by Gasteiger charge is -2.05. The van der Waals surface area contributed by atoms with Gasteiger partial charge < -0.3 is 9.47 Å². The van der Waals surface area contributed by atoms with Gasteiger partial charge in [0.2, 0.25) is 0 Å². The van der Waals surface area contributed by atoms with Crippen LogP contribution in [0.15, 0.2) is 30.3 Å². The zero-order chi connectivity index (χ0) is 12.5. The van der Waals surface area contributed by atoms with Gasteiger partial charge in [0, 0.05) is 6.42 Å². The predicted molar refractivity (Wildman–Crippen MR) is 69.1 cm³/mol. The number of esters is 1. The summed E-state index contributed by atoms with van der Waals surface area (Å²) in [7, 11) is 0. The van der Waals surface area contributed by atoms with Crippen molar-refractivity contribution in [2.24, 2.45) is 0 Å². The maximum atomic E-state index is 11.7. The molecule has 3 nitrogen and oxygen atoms in total. The van der Waals surface area contributed by atoms with E-state index in [1.54, 1.807) is 6.07 Å². The Kier molecular flexibility index (Phi) is 2.67. The molecule has 0 saturated carbocycles. The number of carbonyl (C=O) groups excluding carboxylic acids is 1. The summed E-state index contributed by atoms with van der Waals surface area (Å²) < 4.78 is 10.5. The molecule has 3 heteroatoms. The number of ether oxygens (including phenoxy) is 2. The van der Waals surface area contributed by atoms with E-state index in [2.05, 4.69) is 6.07 Å². The van der Waals surface area contributed by atoms with Crippen LogP contribution in [0.25, 0.3) is 10.8 Å². The normalized spacial score (nSPS) is 13.2. The highest BCUT2D eigenvalue weighted by Gasteiger charge is 2.14. The first kappa shape index (κ1) is 11.1.